The van der Waals surface area contributed by atoms with Gasteiger partial charge in [-0.25, -0.2) is 3.11 Å². The maximum absolute atomic E-state index is 2.35. The Morgan fingerprint density at radius 3 is 1.22 bits per heavy atom. The lowest BCUT2D eigenvalue weighted by Crippen LogP contribution is -2.26. The van der Waals surface area contributed by atoms with Crippen molar-refractivity contribution in [3.63, 3.8) is 0 Å². The van der Waals surface area contributed by atoms with Gasteiger partial charge in [0.05, 0.1) is 0 Å². The van der Waals surface area contributed by atoms with Crippen molar-refractivity contribution in [3.8, 4) is 0 Å². The maximum Gasteiger partial charge on any atom is 0.316 e. The van der Waals surface area contributed by atoms with Gasteiger partial charge in [0.1, 0.15) is 0 Å². The summed E-state index contributed by atoms with van der Waals surface area (Å²) in [6.07, 6.45) is 0. The van der Waals surface area contributed by atoms with E-state index in [9.17, 15) is 0 Å². The van der Waals surface area contributed by atoms with Crippen LogP contribution in [0.15, 0.2) is 0 Å². The van der Waals surface area contributed by atoms with Crippen LogP contribution in [0.25, 0.3) is 0 Å². The molecule has 1 nitrogen and oxygen atoms in total. The smallest absolute Gasteiger partial charge is 0.243 e. The Balaban J connectivity index is 0. The van der Waals surface area contributed by atoms with Crippen molar-refractivity contribution in [1.82, 2.24) is 3.11 Å². The largest absolute Gasteiger partial charge is 0.316 e. The first-order valence-corrected chi connectivity index (χ1v) is 3.96. The van der Waals surface area contributed by atoms with Gasteiger partial charge in [-0.15, -0.1) is 0 Å². The Morgan fingerprint density at radius 1 is 1.00 bits per heavy atom. The van der Waals surface area contributed by atoms with E-state index >= 15 is 0 Å². The maximum atomic E-state index is 2.35. The number of nitrogens with zero attached hydrogens (tertiary/aromatic N) is 1. The van der Waals surface area contributed by atoms with Gasteiger partial charge in [-0.1, -0.05) is 0 Å². The Morgan fingerprint density at radius 2 is 1.22 bits per heavy atom. The lowest BCUT2D eigenvalue weighted by Gasteiger charge is -2.22. The minimum absolute atomic E-state index is 0. The van der Waals surface area contributed by atoms with Crippen LogP contribution in [0.2, 0.25) is 0 Å². The molecule has 0 bridgehead atoms. The summed E-state index contributed by atoms with van der Waals surface area (Å²) in [7, 11) is 0. The van der Waals surface area contributed by atoms with Crippen LogP contribution in [0.4, 0.5) is 0 Å². The molecule has 0 fully saturated rings. The first-order valence-electron chi connectivity index (χ1n) is 2.99. The monoisotopic (exact) mass is 253 g/mol. The van der Waals surface area contributed by atoms with Crippen LogP contribution in [0, 0.1) is 0 Å². The second-order valence-electron chi connectivity index (χ2n) is 2.53. The molecular weight excluding hydrogens is 237 g/mol. The molecule has 0 aliphatic heterocycles. The molecule has 54 valence electrons. The molecule has 9 heavy (non-hydrogen) atoms. The predicted molar refractivity (Wildman–Crippen MR) is 54.7 cm³/mol. The van der Waals surface area contributed by atoms with Gasteiger partial charge in [0.2, 0.25) is 0 Å². The van der Waals surface area contributed by atoms with Crippen molar-refractivity contribution in [2.45, 2.75) is 39.8 Å². The highest BCUT2D eigenvalue weighted by Gasteiger charge is 2.07. The fourth-order valence-corrected chi connectivity index (χ4v) is 0.596. The van der Waals surface area contributed by atoms with E-state index in [1.165, 1.54) is 0 Å². The van der Waals surface area contributed by atoms with Crippen molar-refractivity contribution in [2.75, 3.05) is 0 Å². The second-order valence-corrected chi connectivity index (χ2v) is 3.65. The van der Waals surface area contributed by atoms with Crippen molar-refractivity contribution in [3.05, 3.63) is 0 Å². The third-order valence-corrected chi connectivity index (χ3v) is 3.21. The van der Waals surface area contributed by atoms with Gasteiger partial charge in [0.15, 0.2) is 0 Å². The SMILES string of the molecule is CC(C)N(I)C(C)C.[MgH2]. The molecule has 0 spiro atoms. The Bertz CT molecular complexity index is 58.1. The van der Waals surface area contributed by atoms with Gasteiger partial charge in [0.25, 0.3) is 0 Å². The molecule has 0 atom stereocenters. The number of hydrogen-bond donors (Lipinski definition) is 0. The Hall–Kier alpha value is 1.46. The Kier molecular flexibility index (Phi) is 8.99. The van der Waals surface area contributed by atoms with Crippen LogP contribution >= 0.6 is 22.9 Å². The molecule has 0 aromatic heterocycles. The molecule has 0 saturated carbocycles. The van der Waals surface area contributed by atoms with E-state index in [1.807, 2.05) is 0 Å². The lowest BCUT2D eigenvalue weighted by molar-refractivity contribution is 0.367. The van der Waals surface area contributed by atoms with Crippen LogP contribution in [-0.2, 0) is 0 Å². The number of halogens is 1. The van der Waals surface area contributed by atoms with Gasteiger partial charge in [-0.3, -0.25) is 0 Å². The molecule has 0 saturated heterocycles. The first-order chi connectivity index (χ1) is 3.55. The minimum atomic E-state index is 0. The van der Waals surface area contributed by atoms with E-state index < -0.39 is 0 Å². The third-order valence-electron chi connectivity index (χ3n) is 0.987. The van der Waals surface area contributed by atoms with Crippen LogP contribution in [0.3, 0.4) is 0 Å². The van der Waals surface area contributed by atoms with Gasteiger partial charge in [-0.2, -0.15) is 0 Å². The predicted octanol–water partition coefficient (Wildman–Crippen LogP) is 1.54. The van der Waals surface area contributed by atoms with Gasteiger partial charge in [0, 0.05) is 34.9 Å². The third kappa shape index (κ3) is 5.88. The molecule has 0 amide bonds. The highest BCUT2D eigenvalue weighted by Crippen LogP contribution is 2.09. The van der Waals surface area contributed by atoms with Gasteiger partial charge >= 0.3 is 23.1 Å². The Labute approximate surface area is 88.2 Å². The zero-order valence-electron chi connectivity index (χ0n) is 5.98. The number of rotatable bonds is 2. The van der Waals surface area contributed by atoms with Crippen LogP contribution in [-0.4, -0.2) is 38.2 Å². The molecule has 0 aromatic rings. The first kappa shape index (κ1) is 13.1. The summed E-state index contributed by atoms with van der Waals surface area (Å²) in [5, 5.41) is 0. The summed E-state index contributed by atoms with van der Waals surface area (Å²) in [6, 6.07) is 1.33. The normalized spacial score (nSPS) is 10.7. The minimum Gasteiger partial charge on any atom is -0.243 e. The summed E-state index contributed by atoms with van der Waals surface area (Å²) in [5.41, 5.74) is 0. The fraction of sp³-hybridized carbons (Fsp3) is 1.00. The highest BCUT2D eigenvalue weighted by molar-refractivity contribution is 14.1. The summed E-state index contributed by atoms with van der Waals surface area (Å²) < 4.78 is 2.30. The zero-order valence-corrected chi connectivity index (χ0v) is 8.14. The summed E-state index contributed by atoms with van der Waals surface area (Å²) in [5.74, 6) is 0. The molecule has 0 radical (unpaired) electrons. The van der Waals surface area contributed by atoms with E-state index in [2.05, 4.69) is 53.7 Å². The standard InChI is InChI=1S/C6H14IN.Mg.2H/c1-5(2)8(7)6(3)4;;;/h5-6H,1-4H3;;;. The molecule has 0 heterocycles. The topological polar surface area (TPSA) is 3.24 Å². The summed E-state index contributed by atoms with van der Waals surface area (Å²) >= 11 is 2.35. The average molecular weight is 253 g/mol. The highest BCUT2D eigenvalue weighted by atomic mass is 127. The molecule has 0 aromatic carbocycles. The van der Waals surface area contributed by atoms with E-state index in [4.69, 9.17) is 0 Å². The van der Waals surface area contributed by atoms with E-state index in [1.54, 1.807) is 0 Å². The number of hydrogen-bond acceptors (Lipinski definition) is 1. The molecule has 0 rings (SSSR count). The van der Waals surface area contributed by atoms with Crippen molar-refractivity contribution in [1.29, 1.82) is 0 Å². The molecule has 3 heteroatoms. The van der Waals surface area contributed by atoms with Gasteiger partial charge in [-0.05, 0) is 27.7 Å². The molecule has 0 aliphatic rings. The van der Waals surface area contributed by atoms with Crippen LogP contribution in [0.5, 0.6) is 0 Å². The molecular formula is C6H16IMgN. The van der Waals surface area contributed by atoms with E-state index in [-0.39, 0.29) is 23.1 Å². The van der Waals surface area contributed by atoms with Crippen LogP contribution < -0.4 is 0 Å². The lowest BCUT2D eigenvalue weighted by atomic mass is 10.3. The van der Waals surface area contributed by atoms with Crippen molar-refractivity contribution < 1.29 is 0 Å². The summed E-state index contributed by atoms with van der Waals surface area (Å²) in [6.45, 7) is 8.80. The molecule has 0 unspecified atom stereocenters. The quantitative estimate of drug-likeness (QED) is 0.410. The summed E-state index contributed by atoms with van der Waals surface area (Å²) in [4.78, 5) is 0. The fourth-order valence-electron chi connectivity index (χ4n) is 0.596. The van der Waals surface area contributed by atoms with Crippen molar-refractivity contribution >= 4 is 45.9 Å². The average Bonchev–Trinajstić information content (AvgIpc) is 1.64. The molecule has 0 aliphatic carbocycles. The zero-order chi connectivity index (χ0) is 6.73. The van der Waals surface area contributed by atoms with Crippen LogP contribution in [0.1, 0.15) is 27.7 Å². The van der Waals surface area contributed by atoms with Crippen molar-refractivity contribution in [2.24, 2.45) is 0 Å². The molecule has 0 N–H and O–H groups in total. The van der Waals surface area contributed by atoms with E-state index in [0.29, 0.717) is 12.1 Å². The van der Waals surface area contributed by atoms with Gasteiger partial charge < -0.3 is 0 Å². The van der Waals surface area contributed by atoms with E-state index in [0.717, 1.165) is 0 Å². The second kappa shape index (κ2) is 6.18.